The van der Waals surface area contributed by atoms with Crippen LogP contribution in [0.15, 0.2) is 40.9 Å². The predicted molar refractivity (Wildman–Crippen MR) is 162 cm³/mol. The number of nitrogens with zero attached hydrogens (tertiary/aromatic N) is 4. The lowest BCUT2D eigenvalue weighted by atomic mass is 9.93. The molecule has 0 N–H and O–H groups in total. The number of fused-ring (bicyclic) bond motifs is 3. The van der Waals surface area contributed by atoms with Gasteiger partial charge in [-0.2, -0.15) is 13.2 Å². The molecule has 1 fully saturated rings. The average molecular weight is 714 g/mol. The Balaban J connectivity index is 1.47. The first-order valence-electron chi connectivity index (χ1n) is 14.5. The molecule has 0 saturated carbocycles. The van der Waals surface area contributed by atoms with Crippen LogP contribution in [0.25, 0.3) is 5.69 Å². The van der Waals surface area contributed by atoms with Crippen molar-refractivity contribution in [2.24, 2.45) is 5.92 Å². The number of esters is 1. The van der Waals surface area contributed by atoms with Crippen molar-refractivity contribution in [3.8, 4) is 11.4 Å². The van der Waals surface area contributed by atoms with Crippen molar-refractivity contribution >= 4 is 39.4 Å². The maximum atomic E-state index is 14.3. The molecular formula is C31H33BrClF3N4O5. The zero-order valence-corrected chi connectivity index (χ0v) is 27.5. The molecule has 1 amide bonds. The van der Waals surface area contributed by atoms with Crippen LogP contribution in [0.5, 0.6) is 5.75 Å². The Morgan fingerprint density at radius 3 is 2.42 bits per heavy atom. The fraction of sp³-hybridized carbons (Fsp3) is 0.484. The molecule has 2 atom stereocenters. The van der Waals surface area contributed by atoms with Gasteiger partial charge in [-0.05, 0) is 79.7 Å². The van der Waals surface area contributed by atoms with Crippen molar-refractivity contribution < 1.29 is 37.0 Å². The summed E-state index contributed by atoms with van der Waals surface area (Å²) >= 11 is 9.92. The number of ether oxygens (including phenoxy) is 3. The van der Waals surface area contributed by atoms with Gasteiger partial charge in [0, 0.05) is 35.7 Å². The molecule has 3 aromatic rings. The summed E-state index contributed by atoms with van der Waals surface area (Å²) in [6.45, 7) is 6.21. The number of alkyl halides is 3. The average Bonchev–Trinajstić information content (AvgIpc) is 3.36. The molecule has 45 heavy (non-hydrogen) atoms. The lowest BCUT2D eigenvalue weighted by Gasteiger charge is -2.33. The number of hydrogen-bond donors (Lipinski definition) is 0. The van der Waals surface area contributed by atoms with E-state index in [0.29, 0.717) is 47.3 Å². The summed E-state index contributed by atoms with van der Waals surface area (Å²) < 4.78 is 61.7. The van der Waals surface area contributed by atoms with Gasteiger partial charge in [0.2, 0.25) is 11.7 Å². The highest BCUT2D eigenvalue weighted by molar-refractivity contribution is 9.10. The van der Waals surface area contributed by atoms with Gasteiger partial charge < -0.3 is 19.1 Å². The minimum absolute atomic E-state index is 0.0597. The Morgan fingerprint density at radius 1 is 1.07 bits per heavy atom. The van der Waals surface area contributed by atoms with E-state index in [4.69, 9.17) is 25.8 Å². The Kier molecular flexibility index (Phi) is 9.53. The first-order chi connectivity index (χ1) is 21.2. The topological polar surface area (TPSA) is 95.8 Å². The summed E-state index contributed by atoms with van der Waals surface area (Å²) in [7, 11) is 1.50. The molecule has 0 radical (unpaired) electrons. The molecule has 9 nitrogen and oxygen atoms in total. The lowest BCUT2D eigenvalue weighted by molar-refractivity contribution is -0.156. The van der Waals surface area contributed by atoms with E-state index >= 15 is 0 Å². The number of benzene rings is 2. The van der Waals surface area contributed by atoms with E-state index in [1.807, 2.05) is 20.8 Å². The van der Waals surface area contributed by atoms with Crippen LogP contribution in [0.2, 0.25) is 5.02 Å². The number of amides is 1. The second kappa shape index (κ2) is 12.9. The molecule has 0 unspecified atom stereocenters. The zero-order valence-electron chi connectivity index (χ0n) is 25.2. The van der Waals surface area contributed by atoms with Gasteiger partial charge >= 0.3 is 12.1 Å². The molecule has 2 aliphatic heterocycles. The molecular weight excluding hydrogens is 681 g/mol. The van der Waals surface area contributed by atoms with Crippen molar-refractivity contribution in [1.29, 1.82) is 0 Å². The quantitative estimate of drug-likeness (QED) is 0.249. The molecule has 2 aromatic carbocycles. The number of methoxy groups -OCH3 is 1. The molecule has 0 bridgehead atoms. The van der Waals surface area contributed by atoms with E-state index in [1.165, 1.54) is 25.3 Å². The minimum atomic E-state index is -4.84. The van der Waals surface area contributed by atoms with Crippen molar-refractivity contribution in [3.05, 3.63) is 68.7 Å². The first kappa shape index (κ1) is 33.2. The van der Waals surface area contributed by atoms with Crippen LogP contribution < -0.4 is 4.74 Å². The molecule has 0 spiro atoms. The Hall–Kier alpha value is -3.16. The third-order valence-electron chi connectivity index (χ3n) is 7.74. The monoisotopic (exact) mass is 712 g/mol. The molecule has 242 valence electrons. The molecule has 3 heterocycles. The number of likely N-dealkylation sites (tertiary alicyclic amines) is 1. The highest BCUT2D eigenvalue weighted by Gasteiger charge is 2.44. The summed E-state index contributed by atoms with van der Waals surface area (Å²) in [6, 6.07) is 9.71. The fourth-order valence-corrected chi connectivity index (χ4v) is 6.54. The first-order valence-corrected chi connectivity index (χ1v) is 15.6. The van der Waals surface area contributed by atoms with E-state index in [0.717, 1.165) is 4.57 Å². The number of rotatable bonds is 6. The minimum Gasteiger partial charge on any atom is -0.496 e. The van der Waals surface area contributed by atoms with Crippen LogP contribution in [0.3, 0.4) is 0 Å². The number of carbonyl (C=O) groups is 2. The highest BCUT2D eigenvalue weighted by Crippen LogP contribution is 2.46. The Morgan fingerprint density at radius 2 is 1.78 bits per heavy atom. The van der Waals surface area contributed by atoms with Crippen LogP contribution in [-0.2, 0) is 25.2 Å². The van der Waals surface area contributed by atoms with E-state index in [9.17, 15) is 22.8 Å². The molecule has 14 heteroatoms. The van der Waals surface area contributed by atoms with E-state index in [2.05, 4.69) is 26.1 Å². The van der Waals surface area contributed by atoms with E-state index in [1.54, 1.807) is 23.1 Å². The Bertz CT molecular complexity index is 1580. The van der Waals surface area contributed by atoms with Gasteiger partial charge in [0.1, 0.15) is 23.6 Å². The van der Waals surface area contributed by atoms with Crippen LogP contribution in [-0.4, -0.2) is 57.3 Å². The van der Waals surface area contributed by atoms with Crippen molar-refractivity contribution in [2.75, 3.05) is 20.2 Å². The summed E-state index contributed by atoms with van der Waals surface area (Å²) in [5.41, 5.74) is 0.443. The van der Waals surface area contributed by atoms with Gasteiger partial charge in [0.15, 0.2) is 5.82 Å². The molecule has 5 rings (SSSR count). The maximum absolute atomic E-state index is 14.3. The number of piperidine rings is 1. The number of halogens is 5. The molecule has 1 aromatic heterocycles. The van der Waals surface area contributed by atoms with Crippen LogP contribution in [0.4, 0.5) is 13.2 Å². The highest BCUT2D eigenvalue weighted by atomic mass is 79.9. The van der Waals surface area contributed by atoms with Gasteiger partial charge in [-0.3, -0.25) is 14.2 Å². The maximum Gasteiger partial charge on any atom is 0.452 e. The number of aromatic nitrogens is 3. The van der Waals surface area contributed by atoms with Crippen molar-refractivity contribution in [2.45, 2.75) is 70.4 Å². The van der Waals surface area contributed by atoms with Gasteiger partial charge in [-0.1, -0.05) is 23.7 Å². The summed E-state index contributed by atoms with van der Waals surface area (Å²) in [4.78, 5) is 27.6. The van der Waals surface area contributed by atoms with Crippen molar-refractivity contribution in [1.82, 2.24) is 19.7 Å². The normalized spacial score (nSPS) is 19.0. The fourth-order valence-electron chi connectivity index (χ4n) is 5.72. The van der Waals surface area contributed by atoms with E-state index in [-0.39, 0.29) is 47.2 Å². The summed E-state index contributed by atoms with van der Waals surface area (Å²) in [5.74, 6) is -1.44. The van der Waals surface area contributed by atoms with Gasteiger partial charge in [0.05, 0.1) is 23.7 Å². The number of hydrogen-bond acceptors (Lipinski definition) is 7. The Labute approximate surface area is 272 Å². The molecule has 2 aliphatic rings. The van der Waals surface area contributed by atoms with Crippen LogP contribution in [0, 0.1) is 5.92 Å². The van der Waals surface area contributed by atoms with Crippen LogP contribution in [0.1, 0.15) is 81.4 Å². The largest absolute Gasteiger partial charge is 0.496 e. The third kappa shape index (κ3) is 7.30. The molecule has 1 saturated heterocycles. The SMILES string of the molecule is COc1cccc([C@H]2O[C@H](CC(=O)N3CCC(CC(=O)OC(C)(C)C)CC3)c3nnc(C(F)(F)F)n3-c3ccc(Cl)cc32)c1Br. The summed E-state index contributed by atoms with van der Waals surface area (Å²) in [5, 5.41) is 7.69. The van der Waals surface area contributed by atoms with E-state index < -0.39 is 29.8 Å². The molecule has 0 aliphatic carbocycles. The van der Waals surface area contributed by atoms with Gasteiger partial charge in [-0.15, -0.1) is 10.2 Å². The second-order valence-corrected chi connectivity index (χ2v) is 13.3. The summed E-state index contributed by atoms with van der Waals surface area (Å²) in [6.07, 6.45) is -5.84. The zero-order chi connectivity index (χ0) is 32.7. The van der Waals surface area contributed by atoms with Gasteiger partial charge in [0.25, 0.3) is 0 Å². The lowest BCUT2D eigenvalue weighted by Crippen LogP contribution is -2.40. The van der Waals surface area contributed by atoms with Crippen molar-refractivity contribution in [3.63, 3.8) is 0 Å². The second-order valence-electron chi connectivity index (χ2n) is 12.1. The number of carbonyl (C=O) groups excluding carboxylic acids is 2. The predicted octanol–water partition coefficient (Wildman–Crippen LogP) is 7.23. The third-order valence-corrected chi connectivity index (χ3v) is 8.82. The van der Waals surface area contributed by atoms with Crippen LogP contribution >= 0.6 is 27.5 Å². The van der Waals surface area contributed by atoms with Gasteiger partial charge in [-0.25, -0.2) is 0 Å². The standard InChI is InChI=1S/C31H33BrClF3N4O5/c1-30(2,3)45-25(42)14-17-10-12-39(13-11-17)24(41)16-23-28-37-38-29(31(34,35)36)40(28)21-9-8-18(33)15-20(21)27(44-23)19-6-5-7-22(43-4)26(19)32/h5-9,15,17,23,27H,10-14,16H2,1-4H3/t23-,27-/m1/s1. The smallest absolute Gasteiger partial charge is 0.452 e.